The Kier molecular flexibility index (Phi) is 5.69. The summed E-state index contributed by atoms with van der Waals surface area (Å²) in [5.74, 6) is -0.902. The smallest absolute Gasteiger partial charge is 0.375 e. The standard InChI is InChI=1S/C19H15ClN2O7/c1-10-13-8-12(27-2)4-6-16(13)29-18(10)19(24)28-9-17(23)21-11-3-5-14(20)15(7-11)22(25)26/h3-8H,9H2,1-2H3,(H,21,23). The van der Waals surface area contributed by atoms with E-state index >= 15 is 0 Å². The van der Waals surface area contributed by atoms with Crippen molar-refractivity contribution in [2.75, 3.05) is 19.0 Å². The van der Waals surface area contributed by atoms with Crippen molar-refractivity contribution in [1.82, 2.24) is 0 Å². The molecule has 1 amide bonds. The number of nitrogens with zero attached hydrogens (tertiary/aromatic N) is 1. The fourth-order valence-electron chi connectivity index (χ4n) is 2.65. The number of carbonyl (C=O) groups is 2. The summed E-state index contributed by atoms with van der Waals surface area (Å²) >= 11 is 5.72. The molecule has 0 fully saturated rings. The molecular weight excluding hydrogens is 404 g/mol. The largest absolute Gasteiger partial charge is 0.497 e. The molecule has 1 N–H and O–H groups in total. The molecule has 1 heterocycles. The van der Waals surface area contributed by atoms with Gasteiger partial charge in [-0.1, -0.05) is 11.6 Å². The van der Waals surface area contributed by atoms with Crippen molar-refractivity contribution in [3.05, 3.63) is 62.9 Å². The van der Waals surface area contributed by atoms with Crippen molar-refractivity contribution >= 4 is 45.8 Å². The number of nitrogens with one attached hydrogen (secondary N) is 1. The summed E-state index contributed by atoms with van der Waals surface area (Å²) in [7, 11) is 1.53. The van der Waals surface area contributed by atoms with E-state index in [-0.39, 0.29) is 22.2 Å². The summed E-state index contributed by atoms with van der Waals surface area (Å²) in [5.41, 5.74) is 0.828. The molecule has 0 radical (unpaired) electrons. The van der Waals surface area contributed by atoms with Crippen LogP contribution in [0.4, 0.5) is 11.4 Å². The number of anilines is 1. The molecule has 0 aliphatic rings. The average Bonchev–Trinajstić information content (AvgIpc) is 3.03. The Balaban J connectivity index is 1.67. The molecule has 29 heavy (non-hydrogen) atoms. The molecule has 9 nitrogen and oxygen atoms in total. The summed E-state index contributed by atoms with van der Waals surface area (Å²) in [6.45, 7) is 1.09. The Morgan fingerprint density at radius 3 is 2.69 bits per heavy atom. The van der Waals surface area contributed by atoms with Crippen LogP contribution in [0.1, 0.15) is 16.1 Å². The first-order valence-electron chi connectivity index (χ1n) is 8.28. The lowest BCUT2D eigenvalue weighted by molar-refractivity contribution is -0.384. The monoisotopic (exact) mass is 418 g/mol. The van der Waals surface area contributed by atoms with Crippen molar-refractivity contribution < 1.29 is 28.4 Å². The molecule has 2 aromatic carbocycles. The van der Waals surface area contributed by atoms with E-state index in [1.54, 1.807) is 25.1 Å². The predicted molar refractivity (Wildman–Crippen MR) is 105 cm³/mol. The summed E-state index contributed by atoms with van der Waals surface area (Å²) in [5, 5.41) is 13.9. The lowest BCUT2D eigenvalue weighted by atomic mass is 10.1. The Morgan fingerprint density at radius 1 is 1.24 bits per heavy atom. The number of amides is 1. The van der Waals surface area contributed by atoms with Crippen LogP contribution in [0.2, 0.25) is 5.02 Å². The maximum absolute atomic E-state index is 12.3. The molecular formula is C19H15ClN2O7. The van der Waals surface area contributed by atoms with Crippen LogP contribution in [-0.4, -0.2) is 30.5 Å². The quantitative estimate of drug-likeness (QED) is 0.363. The van der Waals surface area contributed by atoms with E-state index in [1.165, 1.54) is 19.2 Å². The molecule has 0 saturated carbocycles. The molecule has 0 aliphatic carbocycles. The van der Waals surface area contributed by atoms with Gasteiger partial charge in [0.25, 0.3) is 11.6 Å². The van der Waals surface area contributed by atoms with Crippen molar-refractivity contribution in [3.8, 4) is 5.75 Å². The van der Waals surface area contributed by atoms with Gasteiger partial charge in [-0.2, -0.15) is 0 Å². The number of halogens is 1. The number of nitro benzene ring substituents is 1. The van der Waals surface area contributed by atoms with E-state index in [2.05, 4.69) is 5.32 Å². The molecule has 0 saturated heterocycles. The number of hydrogen-bond acceptors (Lipinski definition) is 7. The number of aryl methyl sites for hydroxylation is 1. The highest BCUT2D eigenvalue weighted by Gasteiger charge is 2.21. The molecule has 0 aliphatic heterocycles. The molecule has 0 unspecified atom stereocenters. The summed E-state index contributed by atoms with van der Waals surface area (Å²) in [6.07, 6.45) is 0. The minimum Gasteiger partial charge on any atom is -0.497 e. The molecule has 10 heteroatoms. The van der Waals surface area contributed by atoms with Gasteiger partial charge in [0.2, 0.25) is 5.76 Å². The molecule has 0 spiro atoms. The highest BCUT2D eigenvalue weighted by atomic mass is 35.5. The predicted octanol–water partition coefficient (Wildman–Crippen LogP) is 4.11. The maximum atomic E-state index is 12.3. The van der Waals surface area contributed by atoms with Crippen molar-refractivity contribution in [2.24, 2.45) is 0 Å². The topological polar surface area (TPSA) is 121 Å². The van der Waals surface area contributed by atoms with Crippen LogP contribution in [0.5, 0.6) is 5.75 Å². The third-order valence-electron chi connectivity index (χ3n) is 4.09. The number of hydrogen-bond donors (Lipinski definition) is 1. The molecule has 150 valence electrons. The van der Waals surface area contributed by atoms with Gasteiger partial charge in [-0.25, -0.2) is 4.79 Å². The van der Waals surface area contributed by atoms with E-state index in [1.807, 2.05) is 0 Å². The van der Waals surface area contributed by atoms with Gasteiger partial charge in [0.15, 0.2) is 6.61 Å². The first kappa shape index (κ1) is 20.2. The number of benzene rings is 2. The summed E-state index contributed by atoms with van der Waals surface area (Å²) in [4.78, 5) is 34.5. The Hall–Kier alpha value is -3.59. The van der Waals surface area contributed by atoms with Crippen LogP contribution in [-0.2, 0) is 9.53 Å². The molecule has 0 bridgehead atoms. The second-order valence-electron chi connectivity index (χ2n) is 5.97. The van der Waals surface area contributed by atoms with Crippen LogP contribution in [0.25, 0.3) is 11.0 Å². The van der Waals surface area contributed by atoms with Crippen LogP contribution in [0.3, 0.4) is 0 Å². The zero-order valence-electron chi connectivity index (χ0n) is 15.4. The SMILES string of the molecule is COc1ccc2oc(C(=O)OCC(=O)Nc3ccc(Cl)c([N+](=O)[O-])c3)c(C)c2c1. The van der Waals surface area contributed by atoms with Crippen molar-refractivity contribution in [2.45, 2.75) is 6.92 Å². The Bertz CT molecular complexity index is 1120. The number of esters is 1. The zero-order chi connectivity index (χ0) is 21.1. The van der Waals surface area contributed by atoms with Crippen molar-refractivity contribution in [3.63, 3.8) is 0 Å². The zero-order valence-corrected chi connectivity index (χ0v) is 16.1. The fourth-order valence-corrected chi connectivity index (χ4v) is 2.83. The van der Waals surface area contributed by atoms with Gasteiger partial charge in [-0.3, -0.25) is 14.9 Å². The van der Waals surface area contributed by atoms with E-state index < -0.39 is 23.4 Å². The second kappa shape index (κ2) is 8.19. The molecule has 3 rings (SSSR count). The van der Waals surface area contributed by atoms with Crippen molar-refractivity contribution in [1.29, 1.82) is 0 Å². The first-order chi connectivity index (χ1) is 13.8. The van der Waals surface area contributed by atoms with Crippen LogP contribution in [0.15, 0.2) is 40.8 Å². The summed E-state index contributed by atoms with van der Waals surface area (Å²) < 4.78 is 15.7. The first-order valence-corrected chi connectivity index (χ1v) is 8.66. The number of fused-ring (bicyclic) bond motifs is 1. The van der Waals surface area contributed by atoms with E-state index in [4.69, 9.17) is 25.5 Å². The lowest BCUT2D eigenvalue weighted by Gasteiger charge is -2.06. The number of nitro groups is 1. The number of carbonyl (C=O) groups excluding carboxylic acids is 2. The minimum absolute atomic E-state index is 0.0248. The summed E-state index contributed by atoms with van der Waals surface area (Å²) in [6, 6.07) is 8.88. The highest BCUT2D eigenvalue weighted by Crippen LogP contribution is 2.29. The lowest BCUT2D eigenvalue weighted by Crippen LogP contribution is -2.21. The number of rotatable bonds is 6. The third kappa shape index (κ3) is 4.30. The van der Waals surface area contributed by atoms with E-state index in [9.17, 15) is 19.7 Å². The average molecular weight is 419 g/mol. The second-order valence-corrected chi connectivity index (χ2v) is 6.37. The Morgan fingerprint density at radius 2 is 2.00 bits per heavy atom. The van der Waals surface area contributed by atoms with Crippen LogP contribution >= 0.6 is 11.6 Å². The van der Waals surface area contributed by atoms with Crippen LogP contribution in [0, 0.1) is 17.0 Å². The van der Waals surface area contributed by atoms with Gasteiger partial charge < -0.3 is 19.2 Å². The normalized spacial score (nSPS) is 10.6. The van der Waals surface area contributed by atoms with Gasteiger partial charge in [0, 0.05) is 22.7 Å². The van der Waals surface area contributed by atoms with Gasteiger partial charge in [0.05, 0.1) is 12.0 Å². The van der Waals surface area contributed by atoms with Gasteiger partial charge in [-0.05, 0) is 37.3 Å². The van der Waals surface area contributed by atoms with Gasteiger partial charge in [0.1, 0.15) is 16.4 Å². The number of ether oxygens (including phenoxy) is 2. The Labute approximate surface area is 169 Å². The van der Waals surface area contributed by atoms with Crippen LogP contribution < -0.4 is 10.1 Å². The molecule has 1 aromatic heterocycles. The maximum Gasteiger partial charge on any atom is 0.375 e. The number of methoxy groups -OCH3 is 1. The molecule has 0 atom stereocenters. The van der Waals surface area contributed by atoms with Gasteiger partial charge >= 0.3 is 5.97 Å². The fraction of sp³-hybridized carbons (Fsp3) is 0.158. The minimum atomic E-state index is -0.810. The molecule has 3 aromatic rings. The van der Waals surface area contributed by atoms with Gasteiger partial charge in [-0.15, -0.1) is 0 Å². The van der Waals surface area contributed by atoms with E-state index in [0.717, 1.165) is 6.07 Å². The number of furan rings is 1. The third-order valence-corrected chi connectivity index (χ3v) is 4.41. The highest BCUT2D eigenvalue weighted by molar-refractivity contribution is 6.32. The van der Waals surface area contributed by atoms with E-state index in [0.29, 0.717) is 22.3 Å².